The second-order valence-electron chi connectivity index (χ2n) is 3.53. The van der Waals surface area contributed by atoms with Crippen LogP contribution in [0.1, 0.15) is 18.8 Å². The van der Waals surface area contributed by atoms with E-state index in [9.17, 15) is 5.11 Å². The Morgan fingerprint density at radius 2 is 1.76 bits per heavy atom. The maximum absolute atomic E-state index is 9.35. The molecule has 1 N–H and O–H groups in total. The summed E-state index contributed by atoms with van der Waals surface area (Å²) in [6.45, 7) is 1.58. The van der Waals surface area contributed by atoms with E-state index in [1.54, 1.807) is 25.1 Å². The van der Waals surface area contributed by atoms with Crippen molar-refractivity contribution in [3.63, 3.8) is 0 Å². The number of aliphatic hydroxyl groups excluding tert-OH is 1. The van der Waals surface area contributed by atoms with Crippen molar-refractivity contribution in [2.75, 3.05) is 0 Å². The second kappa shape index (κ2) is 4.86. The van der Waals surface area contributed by atoms with Crippen molar-refractivity contribution < 1.29 is 9.63 Å². The highest BCUT2D eigenvalue weighted by atomic mass is 35.5. The summed E-state index contributed by atoms with van der Waals surface area (Å²) in [4.78, 5) is 0. The Morgan fingerprint density at radius 3 is 2.24 bits per heavy atom. The van der Waals surface area contributed by atoms with Crippen molar-refractivity contribution in [3.05, 3.63) is 39.0 Å². The number of hydrogen-bond donors (Lipinski definition) is 1. The summed E-state index contributed by atoms with van der Waals surface area (Å²) >= 11 is 17.9. The lowest BCUT2D eigenvalue weighted by molar-refractivity contribution is 0.158. The first kappa shape index (κ1) is 12.7. The van der Waals surface area contributed by atoms with E-state index in [0.29, 0.717) is 32.1 Å². The molecule has 0 aliphatic carbocycles. The molecular weight excluding hydrogens is 284 g/mol. The van der Waals surface area contributed by atoms with Gasteiger partial charge in [0.2, 0.25) is 0 Å². The fraction of sp³-hybridized carbons (Fsp3) is 0.182. The number of rotatable bonds is 2. The molecule has 6 heteroatoms. The summed E-state index contributed by atoms with van der Waals surface area (Å²) in [5.74, 6) is 0.349. The van der Waals surface area contributed by atoms with Gasteiger partial charge in [0.25, 0.3) is 0 Å². The summed E-state index contributed by atoms with van der Waals surface area (Å²) in [6.07, 6.45) is -0.735. The molecule has 90 valence electrons. The largest absolute Gasteiger partial charge is 0.385 e. The lowest BCUT2D eigenvalue weighted by Crippen LogP contribution is -1.86. The molecule has 0 fully saturated rings. The van der Waals surface area contributed by atoms with Crippen LogP contribution in [0, 0.1) is 0 Å². The summed E-state index contributed by atoms with van der Waals surface area (Å²) in [5, 5.41) is 14.4. The van der Waals surface area contributed by atoms with Gasteiger partial charge in [-0.2, -0.15) is 0 Å². The third kappa shape index (κ3) is 2.58. The van der Waals surface area contributed by atoms with Gasteiger partial charge in [-0.3, -0.25) is 0 Å². The second-order valence-corrected chi connectivity index (χ2v) is 4.79. The predicted molar refractivity (Wildman–Crippen MR) is 67.6 cm³/mol. The number of hydrogen-bond acceptors (Lipinski definition) is 3. The number of benzene rings is 1. The molecule has 17 heavy (non-hydrogen) atoms. The lowest BCUT2D eigenvalue weighted by atomic mass is 10.1. The van der Waals surface area contributed by atoms with E-state index in [2.05, 4.69) is 5.16 Å². The van der Waals surface area contributed by atoms with Gasteiger partial charge in [-0.1, -0.05) is 40.0 Å². The minimum absolute atomic E-state index is 0.349. The van der Waals surface area contributed by atoms with Gasteiger partial charge in [0.1, 0.15) is 11.8 Å². The first-order chi connectivity index (χ1) is 7.99. The Kier molecular flexibility index (Phi) is 3.64. The van der Waals surface area contributed by atoms with Gasteiger partial charge in [-0.15, -0.1) is 0 Å². The number of halogens is 3. The molecule has 2 aromatic rings. The average Bonchev–Trinajstić information content (AvgIpc) is 2.65. The first-order valence-electron chi connectivity index (χ1n) is 4.78. The Balaban J connectivity index is 2.52. The standard InChI is InChI=1S/C11H8Cl3NO2/c1-5(16)10-4-9(15-17-10)11-7(13)2-6(12)3-8(11)14/h2-5,16H,1H3. The SMILES string of the molecule is CC(O)c1cc(-c2c(Cl)cc(Cl)cc2Cl)no1. The van der Waals surface area contributed by atoms with E-state index in [1.165, 1.54) is 0 Å². The van der Waals surface area contributed by atoms with E-state index >= 15 is 0 Å². The van der Waals surface area contributed by atoms with Gasteiger partial charge in [-0.25, -0.2) is 0 Å². The van der Waals surface area contributed by atoms with E-state index in [4.69, 9.17) is 39.3 Å². The fourth-order valence-corrected chi connectivity index (χ4v) is 2.40. The van der Waals surface area contributed by atoms with Crippen LogP contribution in [0.2, 0.25) is 15.1 Å². The highest BCUT2D eigenvalue weighted by molar-refractivity contribution is 6.41. The Hall–Kier alpha value is -0.740. The molecule has 0 amide bonds. The molecule has 0 saturated heterocycles. The number of nitrogens with zero attached hydrogens (tertiary/aromatic N) is 1. The molecule has 0 saturated carbocycles. The number of aliphatic hydroxyl groups is 1. The van der Waals surface area contributed by atoms with Crippen LogP contribution >= 0.6 is 34.8 Å². The smallest absolute Gasteiger partial charge is 0.165 e. The molecule has 3 nitrogen and oxygen atoms in total. The molecule has 0 aliphatic rings. The molecule has 1 unspecified atom stereocenters. The Labute approximate surface area is 113 Å². The predicted octanol–water partition coefficient (Wildman–Crippen LogP) is 4.36. The third-order valence-corrected chi connectivity index (χ3v) is 3.02. The molecule has 1 atom stereocenters. The van der Waals surface area contributed by atoms with Crippen LogP contribution in [0.4, 0.5) is 0 Å². The minimum Gasteiger partial charge on any atom is -0.385 e. The van der Waals surface area contributed by atoms with Crippen LogP contribution in [-0.4, -0.2) is 10.3 Å². The molecule has 0 aliphatic heterocycles. The topological polar surface area (TPSA) is 46.3 Å². The van der Waals surface area contributed by atoms with Crippen LogP contribution in [0.15, 0.2) is 22.7 Å². The van der Waals surface area contributed by atoms with E-state index in [-0.39, 0.29) is 0 Å². The Morgan fingerprint density at radius 1 is 1.18 bits per heavy atom. The molecule has 0 radical (unpaired) electrons. The maximum atomic E-state index is 9.35. The normalized spacial score (nSPS) is 12.8. The van der Waals surface area contributed by atoms with Gasteiger partial charge in [0.15, 0.2) is 5.76 Å². The van der Waals surface area contributed by atoms with Crippen LogP contribution in [0.5, 0.6) is 0 Å². The highest BCUT2D eigenvalue weighted by Crippen LogP contribution is 2.37. The monoisotopic (exact) mass is 291 g/mol. The maximum Gasteiger partial charge on any atom is 0.165 e. The highest BCUT2D eigenvalue weighted by Gasteiger charge is 2.16. The van der Waals surface area contributed by atoms with Crippen molar-refractivity contribution >= 4 is 34.8 Å². The van der Waals surface area contributed by atoms with Gasteiger partial charge < -0.3 is 9.63 Å². The van der Waals surface area contributed by atoms with Crippen LogP contribution in [0.3, 0.4) is 0 Å². The molecular formula is C11H8Cl3NO2. The van der Waals surface area contributed by atoms with Gasteiger partial charge in [0.05, 0.1) is 10.0 Å². The molecule has 1 heterocycles. The number of aromatic nitrogens is 1. The molecule has 2 rings (SSSR count). The third-order valence-electron chi connectivity index (χ3n) is 2.20. The Bertz CT molecular complexity index is 528. The summed E-state index contributed by atoms with van der Waals surface area (Å²) in [5.41, 5.74) is 1.00. The van der Waals surface area contributed by atoms with Gasteiger partial charge in [0, 0.05) is 16.7 Å². The van der Waals surface area contributed by atoms with E-state index in [0.717, 1.165) is 0 Å². The van der Waals surface area contributed by atoms with Crippen molar-refractivity contribution in [1.82, 2.24) is 5.16 Å². The van der Waals surface area contributed by atoms with Gasteiger partial charge in [-0.05, 0) is 19.1 Å². The van der Waals surface area contributed by atoms with Gasteiger partial charge >= 0.3 is 0 Å². The fourth-order valence-electron chi connectivity index (χ4n) is 1.39. The lowest BCUT2D eigenvalue weighted by Gasteiger charge is -2.03. The molecule has 1 aromatic carbocycles. The summed E-state index contributed by atoms with van der Waals surface area (Å²) in [6, 6.07) is 4.73. The van der Waals surface area contributed by atoms with E-state index in [1.807, 2.05) is 0 Å². The van der Waals surface area contributed by atoms with Crippen molar-refractivity contribution in [3.8, 4) is 11.3 Å². The first-order valence-corrected chi connectivity index (χ1v) is 5.92. The zero-order valence-corrected chi connectivity index (χ0v) is 11.0. The van der Waals surface area contributed by atoms with Crippen LogP contribution in [-0.2, 0) is 0 Å². The minimum atomic E-state index is -0.735. The van der Waals surface area contributed by atoms with Crippen LogP contribution < -0.4 is 0 Å². The van der Waals surface area contributed by atoms with E-state index < -0.39 is 6.10 Å². The van der Waals surface area contributed by atoms with Crippen molar-refractivity contribution in [1.29, 1.82) is 0 Å². The molecule has 0 spiro atoms. The summed E-state index contributed by atoms with van der Waals surface area (Å²) in [7, 11) is 0. The van der Waals surface area contributed by atoms with Crippen molar-refractivity contribution in [2.24, 2.45) is 0 Å². The molecule has 1 aromatic heterocycles. The van der Waals surface area contributed by atoms with Crippen molar-refractivity contribution in [2.45, 2.75) is 13.0 Å². The zero-order chi connectivity index (χ0) is 12.6. The van der Waals surface area contributed by atoms with Crippen LogP contribution in [0.25, 0.3) is 11.3 Å². The quantitative estimate of drug-likeness (QED) is 0.895. The average molecular weight is 293 g/mol. The zero-order valence-electron chi connectivity index (χ0n) is 8.75. The molecule has 0 bridgehead atoms. The summed E-state index contributed by atoms with van der Waals surface area (Å²) < 4.78 is 4.97.